The summed E-state index contributed by atoms with van der Waals surface area (Å²) in [5.74, 6) is -0.173. The summed E-state index contributed by atoms with van der Waals surface area (Å²) in [7, 11) is 1.76. The van der Waals surface area contributed by atoms with Crippen molar-refractivity contribution in [2.24, 2.45) is 0 Å². The Hall–Kier alpha value is -2.87. The number of rotatable bonds is 2. The van der Waals surface area contributed by atoms with Crippen LogP contribution in [0.25, 0.3) is 10.8 Å². The molecule has 1 amide bonds. The maximum atomic E-state index is 13.9. The zero-order valence-corrected chi connectivity index (χ0v) is 18.6. The van der Waals surface area contributed by atoms with E-state index in [1.165, 1.54) is 0 Å². The van der Waals surface area contributed by atoms with Crippen LogP contribution >= 0.6 is 22.6 Å². The van der Waals surface area contributed by atoms with Crippen molar-refractivity contribution in [3.05, 3.63) is 81.1 Å². The number of nitrogens with zero attached hydrogens (tertiary/aromatic N) is 1. The molecule has 0 bridgehead atoms. The number of carbonyl (C=O) groups excluding carboxylic acids is 2. The number of halogens is 1. The van der Waals surface area contributed by atoms with Gasteiger partial charge in [0.25, 0.3) is 0 Å². The van der Waals surface area contributed by atoms with Crippen LogP contribution < -0.4 is 9.64 Å². The number of likely N-dealkylation sites (N-methyl/N-ethyl adjacent to an activating group) is 1. The van der Waals surface area contributed by atoms with Gasteiger partial charge in [-0.3, -0.25) is 4.79 Å². The first-order valence-electron chi connectivity index (χ1n) is 9.65. The van der Waals surface area contributed by atoms with E-state index in [0.29, 0.717) is 5.75 Å². The number of carbonyl (C=O) groups is 2. The first-order chi connectivity index (χ1) is 14.5. The van der Waals surface area contributed by atoms with Gasteiger partial charge in [-0.2, -0.15) is 0 Å². The number of amides is 1. The van der Waals surface area contributed by atoms with Crippen LogP contribution in [-0.4, -0.2) is 25.5 Å². The summed E-state index contributed by atoms with van der Waals surface area (Å²) in [5, 5.41) is 1.92. The van der Waals surface area contributed by atoms with E-state index in [4.69, 9.17) is 9.47 Å². The molecule has 150 valence electrons. The molecule has 5 nitrogen and oxygen atoms in total. The highest BCUT2D eigenvalue weighted by molar-refractivity contribution is 14.1. The summed E-state index contributed by atoms with van der Waals surface area (Å²) < 4.78 is 12.2. The molecular formula is C24H18INO4. The third-order valence-electron chi connectivity index (χ3n) is 5.72. The average molecular weight is 511 g/mol. The summed E-state index contributed by atoms with van der Waals surface area (Å²) in [5.41, 5.74) is 1.25. The zero-order valence-electron chi connectivity index (χ0n) is 16.4. The summed E-state index contributed by atoms with van der Waals surface area (Å²) >= 11 is 2.24. The van der Waals surface area contributed by atoms with E-state index >= 15 is 0 Å². The predicted octanol–water partition coefficient (Wildman–Crippen LogP) is 4.55. The fourth-order valence-corrected chi connectivity index (χ4v) is 4.94. The molecule has 2 aliphatic heterocycles. The first-order valence-corrected chi connectivity index (χ1v) is 10.7. The van der Waals surface area contributed by atoms with Crippen molar-refractivity contribution in [1.82, 2.24) is 0 Å². The van der Waals surface area contributed by atoms with Gasteiger partial charge in [-0.25, -0.2) is 4.79 Å². The summed E-state index contributed by atoms with van der Waals surface area (Å²) in [4.78, 5) is 28.1. The minimum atomic E-state index is -1.16. The van der Waals surface area contributed by atoms with Crippen molar-refractivity contribution in [2.75, 3.05) is 18.6 Å². The molecule has 1 atom stereocenters. The Morgan fingerprint density at radius 2 is 1.97 bits per heavy atom. The summed E-state index contributed by atoms with van der Waals surface area (Å²) in [6.07, 6.45) is 1.64. The van der Waals surface area contributed by atoms with Gasteiger partial charge in [-0.15, -0.1) is 0 Å². The van der Waals surface area contributed by atoms with Gasteiger partial charge in [0.2, 0.25) is 11.7 Å². The molecule has 6 heteroatoms. The van der Waals surface area contributed by atoms with E-state index < -0.39 is 11.4 Å². The van der Waals surface area contributed by atoms with Gasteiger partial charge < -0.3 is 14.4 Å². The minimum absolute atomic E-state index is 0.0353. The maximum absolute atomic E-state index is 13.9. The monoisotopic (exact) mass is 511 g/mol. The second kappa shape index (κ2) is 6.84. The standard InChI is InChI=1S/C24H18INO4/c1-3-29-22(27)20-13-24(17-12-15(25)9-10-18(17)26(2)23(24)28)21-16-7-5-4-6-14(16)8-11-19(21)30-20/h4-13H,3H2,1-2H3/t24-/m0/s1. The van der Waals surface area contributed by atoms with Gasteiger partial charge in [0.1, 0.15) is 11.2 Å². The van der Waals surface area contributed by atoms with Gasteiger partial charge in [0.15, 0.2) is 0 Å². The van der Waals surface area contributed by atoms with Crippen LogP contribution in [-0.2, 0) is 19.7 Å². The largest absolute Gasteiger partial charge is 0.460 e. The number of benzene rings is 3. The van der Waals surface area contributed by atoms with Crippen LogP contribution in [0.3, 0.4) is 0 Å². The maximum Gasteiger partial charge on any atom is 0.373 e. The Balaban J connectivity index is 1.91. The van der Waals surface area contributed by atoms with E-state index in [2.05, 4.69) is 22.6 Å². The van der Waals surface area contributed by atoms with E-state index in [1.807, 2.05) is 54.6 Å². The van der Waals surface area contributed by atoms with E-state index in [9.17, 15) is 9.59 Å². The first kappa shape index (κ1) is 19.1. The average Bonchev–Trinajstić information content (AvgIpc) is 2.95. The molecule has 5 rings (SSSR count). The van der Waals surface area contributed by atoms with Gasteiger partial charge in [-0.1, -0.05) is 30.3 Å². The van der Waals surface area contributed by atoms with E-state index in [0.717, 1.165) is 31.2 Å². The van der Waals surface area contributed by atoms with Crippen molar-refractivity contribution in [3.63, 3.8) is 0 Å². The van der Waals surface area contributed by atoms with Crippen molar-refractivity contribution >= 4 is 50.9 Å². The Bertz CT molecular complexity index is 1270. The van der Waals surface area contributed by atoms with Crippen LogP contribution in [0.5, 0.6) is 5.75 Å². The molecule has 2 aliphatic rings. The third kappa shape index (κ3) is 2.52. The van der Waals surface area contributed by atoms with Gasteiger partial charge in [0.05, 0.1) is 6.61 Å². The zero-order chi connectivity index (χ0) is 21.0. The quantitative estimate of drug-likeness (QED) is 0.375. The van der Waals surface area contributed by atoms with Crippen LogP contribution in [0.1, 0.15) is 18.1 Å². The smallest absolute Gasteiger partial charge is 0.373 e. The number of esters is 1. The number of hydrogen-bond donors (Lipinski definition) is 0. The highest BCUT2D eigenvalue weighted by atomic mass is 127. The van der Waals surface area contributed by atoms with Gasteiger partial charge in [0, 0.05) is 27.4 Å². The van der Waals surface area contributed by atoms with E-state index in [1.54, 1.807) is 24.9 Å². The summed E-state index contributed by atoms with van der Waals surface area (Å²) in [6.45, 7) is 1.96. The van der Waals surface area contributed by atoms with Crippen molar-refractivity contribution < 1.29 is 19.1 Å². The Kier molecular flexibility index (Phi) is 4.36. The van der Waals surface area contributed by atoms with Crippen LogP contribution in [0.4, 0.5) is 5.69 Å². The minimum Gasteiger partial charge on any atom is -0.460 e. The van der Waals surface area contributed by atoms with Crippen molar-refractivity contribution in [3.8, 4) is 5.75 Å². The second-order valence-corrected chi connectivity index (χ2v) is 8.57. The molecule has 0 saturated heterocycles. The van der Waals surface area contributed by atoms with Crippen LogP contribution in [0.2, 0.25) is 0 Å². The third-order valence-corrected chi connectivity index (χ3v) is 6.39. The Morgan fingerprint density at radius 1 is 1.17 bits per heavy atom. The van der Waals surface area contributed by atoms with Gasteiger partial charge in [-0.05, 0) is 70.6 Å². The lowest BCUT2D eigenvalue weighted by molar-refractivity contribution is -0.141. The number of anilines is 1. The molecule has 0 saturated carbocycles. The molecule has 3 aromatic carbocycles. The van der Waals surface area contributed by atoms with E-state index in [-0.39, 0.29) is 18.3 Å². The topological polar surface area (TPSA) is 55.8 Å². The molecule has 1 spiro atoms. The molecule has 0 unspecified atom stereocenters. The lowest BCUT2D eigenvalue weighted by atomic mass is 9.71. The van der Waals surface area contributed by atoms with Crippen LogP contribution in [0.15, 0.2) is 66.4 Å². The number of ether oxygens (including phenoxy) is 2. The molecule has 0 aliphatic carbocycles. The Morgan fingerprint density at radius 3 is 2.77 bits per heavy atom. The SMILES string of the molecule is CCOC(=O)C1=C[C@@]2(C(=O)N(C)c3ccc(I)cc32)c2c(ccc3ccccc23)O1. The highest BCUT2D eigenvalue weighted by Crippen LogP contribution is 2.54. The summed E-state index contributed by atoms with van der Waals surface area (Å²) in [6, 6.07) is 17.6. The molecule has 0 radical (unpaired) electrons. The molecule has 30 heavy (non-hydrogen) atoms. The molecule has 0 aromatic heterocycles. The fourth-order valence-electron chi connectivity index (χ4n) is 4.45. The lowest BCUT2D eigenvalue weighted by Gasteiger charge is -2.33. The molecular weight excluding hydrogens is 493 g/mol. The normalized spacial score (nSPS) is 19.4. The second-order valence-electron chi connectivity index (χ2n) is 7.32. The molecule has 0 fully saturated rings. The fraction of sp³-hybridized carbons (Fsp3) is 0.167. The number of fused-ring (bicyclic) bond motifs is 6. The predicted molar refractivity (Wildman–Crippen MR) is 123 cm³/mol. The molecule has 0 N–H and O–H groups in total. The van der Waals surface area contributed by atoms with Crippen molar-refractivity contribution in [1.29, 1.82) is 0 Å². The molecule has 2 heterocycles. The lowest BCUT2D eigenvalue weighted by Crippen LogP contribution is -2.41. The highest BCUT2D eigenvalue weighted by Gasteiger charge is 2.54. The van der Waals surface area contributed by atoms with Crippen LogP contribution in [0, 0.1) is 3.57 Å². The molecule has 3 aromatic rings. The number of hydrogen-bond acceptors (Lipinski definition) is 4. The Labute approximate surface area is 187 Å². The van der Waals surface area contributed by atoms with Gasteiger partial charge >= 0.3 is 5.97 Å². The van der Waals surface area contributed by atoms with Crippen molar-refractivity contribution in [2.45, 2.75) is 12.3 Å².